The molecule has 1 atom stereocenters. The van der Waals surface area contributed by atoms with Crippen LogP contribution in [0.3, 0.4) is 0 Å². The van der Waals surface area contributed by atoms with Crippen molar-refractivity contribution in [2.24, 2.45) is 10.8 Å². The van der Waals surface area contributed by atoms with E-state index in [2.05, 4.69) is 20.3 Å². The second-order valence-electron chi connectivity index (χ2n) is 3.61. The zero-order valence-electron chi connectivity index (χ0n) is 9.50. The van der Waals surface area contributed by atoms with Crippen LogP contribution in [0.25, 0.3) is 10.4 Å². The number of amides is 1. The number of nitrogens with two attached hydrogens (primary N) is 1. The smallest absolute Gasteiger partial charge is 0.242 e. The molecular weight excluding hydrogens is 220 g/mol. The molecule has 0 bridgehead atoms. The molecule has 0 aliphatic carbocycles. The number of carbonyl (C=O) groups is 1. The van der Waals surface area contributed by atoms with Crippen LogP contribution in [0.2, 0.25) is 0 Å². The van der Waals surface area contributed by atoms with Crippen molar-refractivity contribution in [2.75, 3.05) is 13.1 Å². The zero-order valence-corrected chi connectivity index (χ0v) is 9.50. The highest BCUT2D eigenvalue weighted by molar-refractivity contribution is 5.85. The number of pyridine rings is 1. The van der Waals surface area contributed by atoms with Crippen LogP contribution in [0.4, 0.5) is 0 Å². The molecule has 1 aromatic rings. The van der Waals surface area contributed by atoms with E-state index in [1.165, 1.54) is 0 Å². The summed E-state index contributed by atoms with van der Waals surface area (Å²) in [6.45, 7) is 2.28. The highest BCUT2D eigenvalue weighted by Crippen LogP contribution is 2.18. The first-order valence-electron chi connectivity index (χ1n) is 5.07. The third-order valence-electron chi connectivity index (χ3n) is 2.49. The van der Waals surface area contributed by atoms with Gasteiger partial charge in [-0.05, 0) is 24.1 Å². The molecule has 0 fully saturated rings. The van der Waals surface area contributed by atoms with Gasteiger partial charge in [0.15, 0.2) is 0 Å². The second kappa shape index (κ2) is 5.83. The molecule has 90 valence electrons. The average molecular weight is 234 g/mol. The van der Waals surface area contributed by atoms with E-state index in [4.69, 9.17) is 11.3 Å². The van der Waals surface area contributed by atoms with Gasteiger partial charge < -0.3 is 5.73 Å². The SMILES string of the molecule is CC(NCCN=[N+]=[N-])(C(N)=O)c1cccnc1. The largest absolute Gasteiger partial charge is 0.368 e. The molecule has 1 aromatic heterocycles. The van der Waals surface area contributed by atoms with Gasteiger partial charge in [0.05, 0.1) is 0 Å². The Morgan fingerprint density at radius 2 is 2.53 bits per heavy atom. The van der Waals surface area contributed by atoms with Crippen molar-refractivity contribution in [3.05, 3.63) is 40.5 Å². The second-order valence-corrected chi connectivity index (χ2v) is 3.61. The normalized spacial score (nSPS) is 13.5. The standard InChI is InChI=1S/C10H14N6O/c1-10(9(11)17,14-5-6-15-16-12)8-3-2-4-13-7-8/h2-4,7,14H,5-6H2,1H3,(H2,11,17). The van der Waals surface area contributed by atoms with E-state index in [-0.39, 0.29) is 6.54 Å². The molecule has 0 spiro atoms. The van der Waals surface area contributed by atoms with Crippen LogP contribution in [-0.4, -0.2) is 24.0 Å². The van der Waals surface area contributed by atoms with Crippen LogP contribution >= 0.6 is 0 Å². The summed E-state index contributed by atoms with van der Waals surface area (Å²) < 4.78 is 0. The summed E-state index contributed by atoms with van der Waals surface area (Å²) in [6.07, 6.45) is 3.19. The van der Waals surface area contributed by atoms with E-state index in [1.807, 2.05) is 0 Å². The third kappa shape index (κ3) is 3.17. The highest BCUT2D eigenvalue weighted by atomic mass is 16.1. The highest BCUT2D eigenvalue weighted by Gasteiger charge is 2.32. The Balaban J connectivity index is 2.83. The number of hydrogen-bond acceptors (Lipinski definition) is 4. The fraction of sp³-hybridized carbons (Fsp3) is 0.400. The topological polar surface area (TPSA) is 117 Å². The fourth-order valence-corrected chi connectivity index (χ4v) is 1.39. The van der Waals surface area contributed by atoms with E-state index < -0.39 is 11.4 Å². The summed E-state index contributed by atoms with van der Waals surface area (Å²) >= 11 is 0. The molecule has 7 heteroatoms. The van der Waals surface area contributed by atoms with Gasteiger partial charge in [0.1, 0.15) is 5.54 Å². The molecule has 0 aliphatic heterocycles. The van der Waals surface area contributed by atoms with Crippen molar-refractivity contribution in [2.45, 2.75) is 12.5 Å². The molecule has 0 aliphatic rings. The van der Waals surface area contributed by atoms with E-state index >= 15 is 0 Å². The lowest BCUT2D eigenvalue weighted by atomic mass is 9.92. The number of nitrogens with zero attached hydrogens (tertiary/aromatic N) is 4. The molecule has 17 heavy (non-hydrogen) atoms. The summed E-state index contributed by atoms with van der Waals surface area (Å²) in [5.74, 6) is -0.508. The van der Waals surface area contributed by atoms with Gasteiger partial charge in [-0.2, -0.15) is 0 Å². The lowest BCUT2D eigenvalue weighted by molar-refractivity contribution is -0.124. The summed E-state index contributed by atoms with van der Waals surface area (Å²) in [6, 6.07) is 3.49. The van der Waals surface area contributed by atoms with Gasteiger partial charge in [-0.25, -0.2) is 0 Å². The Morgan fingerprint density at radius 3 is 3.06 bits per heavy atom. The number of rotatable bonds is 6. The van der Waals surface area contributed by atoms with Crippen LogP contribution in [0.5, 0.6) is 0 Å². The molecule has 1 amide bonds. The minimum absolute atomic E-state index is 0.250. The van der Waals surface area contributed by atoms with E-state index in [1.54, 1.807) is 31.5 Å². The molecule has 1 unspecified atom stereocenters. The predicted molar refractivity (Wildman–Crippen MR) is 62.8 cm³/mol. The van der Waals surface area contributed by atoms with Gasteiger partial charge in [0.2, 0.25) is 5.91 Å². The minimum atomic E-state index is -1.01. The van der Waals surface area contributed by atoms with Crippen molar-refractivity contribution in [3.63, 3.8) is 0 Å². The van der Waals surface area contributed by atoms with Crippen LogP contribution < -0.4 is 11.1 Å². The van der Waals surface area contributed by atoms with Crippen LogP contribution in [-0.2, 0) is 10.3 Å². The first-order chi connectivity index (χ1) is 8.11. The monoisotopic (exact) mass is 234 g/mol. The Labute approximate surface area is 98.7 Å². The van der Waals surface area contributed by atoms with Gasteiger partial charge in [-0.3, -0.25) is 15.1 Å². The molecule has 0 saturated carbocycles. The Morgan fingerprint density at radius 1 is 1.76 bits per heavy atom. The summed E-state index contributed by atoms with van der Waals surface area (Å²) in [4.78, 5) is 18.1. The maximum atomic E-state index is 11.5. The lowest BCUT2D eigenvalue weighted by Gasteiger charge is -2.27. The number of carbonyl (C=O) groups excluding carboxylic acids is 1. The maximum absolute atomic E-state index is 11.5. The van der Waals surface area contributed by atoms with E-state index in [9.17, 15) is 4.79 Å². The fourth-order valence-electron chi connectivity index (χ4n) is 1.39. The van der Waals surface area contributed by atoms with Gasteiger partial charge in [-0.15, -0.1) is 0 Å². The molecule has 3 N–H and O–H groups in total. The first kappa shape index (κ1) is 13.0. The Hall–Kier alpha value is -2.11. The molecular formula is C10H14N6O. The van der Waals surface area contributed by atoms with Gasteiger partial charge >= 0.3 is 0 Å². The van der Waals surface area contributed by atoms with Crippen LogP contribution in [0.15, 0.2) is 29.6 Å². The van der Waals surface area contributed by atoms with E-state index in [0.29, 0.717) is 12.1 Å². The molecule has 0 saturated heterocycles. The number of azide groups is 1. The van der Waals surface area contributed by atoms with Crippen molar-refractivity contribution in [1.29, 1.82) is 0 Å². The van der Waals surface area contributed by atoms with Gasteiger partial charge in [0, 0.05) is 30.4 Å². The van der Waals surface area contributed by atoms with Crippen molar-refractivity contribution < 1.29 is 4.79 Å². The van der Waals surface area contributed by atoms with Gasteiger partial charge in [-0.1, -0.05) is 11.2 Å². The third-order valence-corrected chi connectivity index (χ3v) is 2.49. The molecule has 0 radical (unpaired) electrons. The average Bonchev–Trinajstić information content (AvgIpc) is 2.35. The first-order valence-corrected chi connectivity index (χ1v) is 5.07. The van der Waals surface area contributed by atoms with Crippen molar-refractivity contribution in [1.82, 2.24) is 10.3 Å². The summed E-state index contributed by atoms with van der Waals surface area (Å²) in [5.41, 5.74) is 13.2. The zero-order chi connectivity index (χ0) is 12.7. The lowest BCUT2D eigenvalue weighted by Crippen LogP contribution is -2.51. The number of aromatic nitrogens is 1. The number of primary amides is 1. The Bertz CT molecular complexity index is 428. The quantitative estimate of drug-likeness (QED) is 0.326. The Kier molecular flexibility index (Phi) is 4.45. The molecule has 1 heterocycles. The maximum Gasteiger partial charge on any atom is 0.242 e. The minimum Gasteiger partial charge on any atom is -0.368 e. The predicted octanol–water partition coefficient (Wildman–Crippen LogP) is 0.682. The number of nitrogens with one attached hydrogen (secondary N) is 1. The summed E-state index contributed by atoms with van der Waals surface area (Å²) in [7, 11) is 0. The van der Waals surface area contributed by atoms with Crippen LogP contribution in [0.1, 0.15) is 12.5 Å². The van der Waals surface area contributed by atoms with Crippen molar-refractivity contribution >= 4 is 5.91 Å². The van der Waals surface area contributed by atoms with Crippen LogP contribution in [0, 0.1) is 0 Å². The van der Waals surface area contributed by atoms with Gasteiger partial charge in [0.25, 0.3) is 0 Å². The number of hydrogen-bond donors (Lipinski definition) is 2. The molecule has 7 nitrogen and oxygen atoms in total. The molecule has 1 rings (SSSR count). The molecule has 0 aromatic carbocycles. The van der Waals surface area contributed by atoms with E-state index in [0.717, 1.165) is 0 Å². The summed E-state index contributed by atoms with van der Waals surface area (Å²) in [5, 5.41) is 6.35. The van der Waals surface area contributed by atoms with Crippen molar-refractivity contribution in [3.8, 4) is 0 Å².